The second-order valence-corrected chi connectivity index (χ2v) is 5.40. The zero-order valence-electron chi connectivity index (χ0n) is 13.8. The van der Waals surface area contributed by atoms with Crippen LogP contribution in [0.3, 0.4) is 0 Å². The molecule has 0 radical (unpaired) electrons. The summed E-state index contributed by atoms with van der Waals surface area (Å²) in [5, 5.41) is 3.94. The van der Waals surface area contributed by atoms with Gasteiger partial charge in [0.2, 0.25) is 0 Å². The average Bonchev–Trinajstić information content (AvgIpc) is 3.01. The second-order valence-electron chi connectivity index (χ2n) is 5.40. The van der Waals surface area contributed by atoms with Gasteiger partial charge in [0.25, 0.3) is 0 Å². The highest BCUT2D eigenvalue weighted by Crippen LogP contribution is 2.26. The number of aromatic nitrogens is 1. The molecule has 6 heteroatoms. The first-order chi connectivity index (χ1) is 12.1. The third kappa shape index (κ3) is 3.68. The van der Waals surface area contributed by atoms with Crippen molar-refractivity contribution in [1.29, 1.82) is 0 Å². The number of ether oxygens (including phenoxy) is 2. The van der Waals surface area contributed by atoms with E-state index in [1.807, 2.05) is 6.92 Å². The molecule has 0 N–H and O–H groups in total. The minimum absolute atomic E-state index is 0.0213. The van der Waals surface area contributed by atoms with Crippen LogP contribution in [0.15, 0.2) is 53.1 Å². The van der Waals surface area contributed by atoms with Gasteiger partial charge < -0.3 is 14.0 Å². The zero-order valence-corrected chi connectivity index (χ0v) is 13.8. The predicted octanol–water partition coefficient (Wildman–Crippen LogP) is 4.15. The van der Waals surface area contributed by atoms with Gasteiger partial charge in [-0.1, -0.05) is 11.2 Å². The Labute approximate surface area is 144 Å². The van der Waals surface area contributed by atoms with Gasteiger partial charge in [0, 0.05) is 11.1 Å². The molecule has 0 aliphatic heterocycles. The van der Waals surface area contributed by atoms with Crippen molar-refractivity contribution in [2.75, 3.05) is 7.11 Å². The molecule has 0 bridgehead atoms. The molecule has 3 aromatic rings. The van der Waals surface area contributed by atoms with Crippen LogP contribution in [-0.2, 0) is 11.3 Å². The van der Waals surface area contributed by atoms with Crippen molar-refractivity contribution in [2.45, 2.75) is 13.5 Å². The Morgan fingerprint density at radius 3 is 2.68 bits per heavy atom. The van der Waals surface area contributed by atoms with E-state index < -0.39 is 5.97 Å². The number of halogens is 1. The first-order valence-corrected chi connectivity index (χ1v) is 7.60. The van der Waals surface area contributed by atoms with Crippen LogP contribution in [0.4, 0.5) is 4.39 Å². The molecule has 0 unspecified atom stereocenters. The largest absolute Gasteiger partial charge is 0.497 e. The molecule has 1 heterocycles. The molecule has 128 valence electrons. The molecule has 0 saturated heterocycles. The van der Waals surface area contributed by atoms with E-state index in [1.54, 1.807) is 36.4 Å². The minimum Gasteiger partial charge on any atom is -0.497 e. The summed E-state index contributed by atoms with van der Waals surface area (Å²) in [5.74, 6) is 0.288. The minimum atomic E-state index is -0.482. The Balaban J connectivity index is 1.71. The Hall–Kier alpha value is -3.15. The molecule has 2 aromatic carbocycles. The lowest BCUT2D eigenvalue weighted by Gasteiger charge is -2.05. The van der Waals surface area contributed by atoms with E-state index in [0.29, 0.717) is 28.3 Å². The molecule has 0 spiro atoms. The lowest BCUT2D eigenvalue weighted by Crippen LogP contribution is -2.06. The molecule has 5 nitrogen and oxygen atoms in total. The maximum Gasteiger partial charge on any atom is 0.338 e. The molecule has 0 aliphatic carbocycles. The standard InChI is InChI=1S/C19H16FNO4/c1-12-17(21-25-18(12)13-6-8-15(20)9-7-13)11-24-19(22)14-4-3-5-16(10-14)23-2/h3-10H,11H2,1-2H3. The molecule has 0 aliphatic rings. The highest BCUT2D eigenvalue weighted by Gasteiger charge is 2.16. The van der Waals surface area contributed by atoms with Gasteiger partial charge in [0.15, 0.2) is 5.76 Å². The number of rotatable bonds is 5. The molecular weight excluding hydrogens is 325 g/mol. The van der Waals surface area contributed by atoms with Crippen molar-refractivity contribution in [3.05, 3.63) is 71.2 Å². The van der Waals surface area contributed by atoms with Crippen molar-refractivity contribution < 1.29 is 23.2 Å². The number of hydrogen-bond donors (Lipinski definition) is 0. The van der Waals surface area contributed by atoms with Gasteiger partial charge in [-0.05, 0) is 49.4 Å². The fourth-order valence-corrected chi connectivity index (χ4v) is 2.34. The van der Waals surface area contributed by atoms with Crippen molar-refractivity contribution in [2.24, 2.45) is 0 Å². The van der Waals surface area contributed by atoms with Crippen LogP contribution < -0.4 is 4.74 Å². The smallest absolute Gasteiger partial charge is 0.338 e. The molecule has 3 rings (SSSR count). The van der Waals surface area contributed by atoms with Gasteiger partial charge in [-0.15, -0.1) is 0 Å². The molecule has 0 saturated carbocycles. The van der Waals surface area contributed by atoms with Crippen LogP contribution in [0.25, 0.3) is 11.3 Å². The molecule has 0 atom stereocenters. The van der Waals surface area contributed by atoms with Crippen LogP contribution in [0.1, 0.15) is 21.6 Å². The molecule has 25 heavy (non-hydrogen) atoms. The summed E-state index contributed by atoms with van der Waals surface area (Å²) in [5.41, 5.74) is 2.34. The quantitative estimate of drug-likeness (QED) is 0.652. The summed E-state index contributed by atoms with van der Waals surface area (Å²) in [6.07, 6.45) is 0. The van der Waals surface area contributed by atoms with E-state index in [1.165, 1.54) is 19.2 Å². The average molecular weight is 341 g/mol. The zero-order chi connectivity index (χ0) is 17.8. The third-order valence-electron chi connectivity index (χ3n) is 3.77. The first kappa shape index (κ1) is 16.7. The van der Waals surface area contributed by atoms with E-state index in [-0.39, 0.29) is 12.4 Å². The highest BCUT2D eigenvalue weighted by atomic mass is 19.1. The molecular formula is C19H16FNO4. The van der Waals surface area contributed by atoms with Gasteiger partial charge in [0.05, 0.1) is 12.7 Å². The number of benzene rings is 2. The number of esters is 1. The third-order valence-corrected chi connectivity index (χ3v) is 3.77. The van der Waals surface area contributed by atoms with E-state index in [2.05, 4.69) is 5.16 Å². The summed E-state index contributed by atoms with van der Waals surface area (Å²) in [7, 11) is 1.53. The second kappa shape index (κ2) is 7.17. The summed E-state index contributed by atoms with van der Waals surface area (Å²) in [6.45, 7) is 1.79. The van der Waals surface area contributed by atoms with Crippen LogP contribution in [0.5, 0.6) is 5.75 Å². The number of carbonyl (C=O) groups excluding carboxylic acids is 1. The van der Waals surface area contributed by atoms with Crippen molar-refractivity contribution in [3.63, 3.8) is 0 Å². The Bertz CT molecular complexity index is 887. The van der Waals surface area contributed by atoms with Crippen LogP contribution in [0, 0.1) is 12.7 Å². The maximum absolute atomic E-state index is 13.0. The van der Waals surface area contributed by atoms with Gasteiger partial charge >= 0.3 is 5.97 Å². The van der Waals surface area contributed by atoms with E-state index in [0.717, 1.165) is 5.56 Å². The summed E-state index contributed by atoms with van der Waals surface area (Å²) < 4.78 is 28.7. The van der Waals surface area contributed by atoms with Gasteiger partial charge in [-0.2, -0.15) is 0 Å². The van der Waals surface area contributed by atoms with Crippen molar-refractivity contribution >= 4 is 5.97 Å². The normalized spacial score (nSPS) is 10.5. The maximum atomic E-state index is 13.0. The molecule has 0 fully saturated rings. The monoisotopic (exact) mass is 341 g/mol. The predicted molar refractivity (Wildman–Crippen MR) is 88.7 cm³/mol. The Morgan fingerprint density at radius 1 is 1.20 bits per heavy atom. The summed E-state index contributed by atoms with van der Waals surface area (Å²) >= 11 is 0. The first-order valence-electron chi connectivity index (χ1n) is 7.60. The summed E-state index contributed by atoms with van der Waals surface area (Å²) in [6, 6.07) is 12.6. The van der Waals surface area contributed by atoms with Crippen LogP contribution in [0.2, 0.25) is 0 Å². The van der Waals surface area contributed by atoms with Gasteiger partial charge in [0.1, 0.15) is 23.9 Å². The number of hydrogen-bond acceptors (Lipinski definition) is 5. The highest BCUT2D eigenvalue weighted by molar-refractivity contribution is 5.89. The number of carbonyl (C=O) groups is 1. The van der Waals surface area contributed by atoms with Crippen molar-refractivity contribution in [3.8, 4) is 17.1 Å². The fourth-order valence-electron chi connectivity index (χ4n) is 2.34. The van der Waals surface area contributed by atoms with E-state index >= 15 is 0 Å². The van der Waals surface area contributed by atoms with Crippen LogP contribution >= 0.6 is 0 Å². The van der Waals surface area contributed by atoms with Crippen LogP contribution in [-0.4, -0.2) is 18.2 Å². The molecule has 0 amide bonds. The van der Waals surface area contributed by atoms with Gasteiger partial charge in [-0.3, -0.25) is 0 Å². The lowest BCUT2D eigenvalue weighted by atomic mass is 10.1. The van der Waals surface area contributed by atoms with Gasteiger partial charge in [-0.25, -0.2) is 9.18 Å². The number of nitrogens with zero attached hydrogens (tertiary/aromatic N) is 1. The van der Waals surface area contributed by atoms with Crippen molar-refractivity contribution in [1.82, 2.24) is 5.16 Å². The molecule has 1 aromatic heterocycles. The Kier molecular flexibility index (Phi) is 4.79. The fraction of sp³-hybridized carbons (Fsp3) is 0.158. The lowest BCUT2D eigenvalue weighted by molar-refractivity contribution is 0.0463. The summed E-state index contributed by atoms with van der Waals surface area (Å²) in [4.78, 5) is 12.1. The SMILES string of the molecule is COc1cccc(C(=O)OCc2noc(-c3ccc(F)cc3)c2C)c1. The van der Waals surface area contributed by atoms with E-state index in [9.17, 15) is 9.18 Å². The van der Waals surface area contributed by atoms with E-state index in [4.69, 9.17) is 14.0 Å². The Morgan fingerprint density at radius 2 is 1.96 bits per heavy atom. The topological polar surface area (TPSA) is 61.6 Å². The number of methoxy groups -OCH3 is 1.